The fraction of sp³-hybridized carbons (Fsp3) is 0.389. The fourth-order valence-corrected chi connectivity index (χ4v) is 2.45. The van der Waals surface area contributed by atoms with E-state index in [0.29, 0.717) is 5.15 Å². The molecule has 0 bridgehead atoms. The smallest absolute Gasteiger partial charge is 0.129 e. The van der Waals surface area contributed by atoms with Gasteiger partial charge < -0.3 is 0 Å². The number of benzene rings is 1. The van der Waals surface area contributed by atoms with E-state index in [2.05, 4.69) is 36.2 Å². The van der Waals surface area contributed by atoms with Gasteiger partial charge >= 0.3 is 0 Å². The third kappa shape index (κ3) is 4.64. The molecule has 0 radical (unpaired) electrons. The highest BCUT2D eigenvalue weighted by Crippen LogP contribution is 2.21. The van der Waals surface area contributed by atoms with Crippen LogP contribution in [0.5, 0.6) is 0 Å². The summed E-state index contributed by atoms with van der Waals surface area (Å²) in [6.07, 6.45) is 9.68. The van der Waals surface area contributed by atoms with Crippen molar-refractivity contribution in [2.45, 2.75) is 45.4 Å². The van der Waals surface area contributed by atoms with Crippen LogP contribution >= 0.6 is 11.6 Å². The Hall–Kier alpha value is -1.34. The van der Waals surface area contributed by atoms with Crippen LogP contribution < -0.4 is 0 Å². The first-order chi connectivity index (χ1) is 9.79. The Labute approximate surface area is 127 Å². The van der Waals surface area contributed by atoms with Gasteiger partial charge in [-0.15, -0.1) is 0 Å². The van der Waals surface area contributed by atoms with Gasteiger partial charge in [-0.1, -0.05) is 68.5 Å². The van der Waals surface area contributed by atoms with Gasteiger partial charge in [0.15, 0.2) is 0 Å². The molecule has 0 N–H and O–H groups in total. The SMILES string of the molecule is CCCCCCCc1ccc(-c2ccc(Cl)nc2)cc1. The second kappa shape index (κ2) is 8.06. The lowest BCUT2D eigenvalue weighted by Gasteiger charge is -2.05. The van der Waals surface area contributed by atoms with E-state index in [1.165, 1.54) is 49.7 Å². The standard InChI is InChI=1S/C18H22ClN/c1-2-3-4-5-6-7-15-8-10-16(11-9-15)17-12-13-18(19)20-14-17/h8-14H,2-7H2,1H3. The van der Waals surface area contributed by atoms with E-state index in [9.17, 15) is 0 Å². The molecule has 0 aliphatic carbocycles. The topological polar surface area (TPSA) is 12.9 Å². The van der Waals surface area contributed by atoms with Gasteiger partial charge in [0.2, 0.25) is 0 Å². The second-order valence-electron chi connectivity index (χ2n) is 5.23. The molecule has 0 amide bonds. The maximum atomic E-state index is 5.81. The van der Waals surface area contributed by atoms with Crippen LogP contribution in [-0.2, 0) is 6.42 Å². The fourth-order valence-electron chi connectivity index (χ4n) is 2.34. The molecule has 0 atom stereocenters. The van der Waals surface area contributed by atoms with Crippen molar-refractivity contribution in [2.24, 2.45) is 0 Å². The summed E-state index contributed by atoms with van der Waals surface area (Å²) in [6.45, 7) is 2.25. The van der Waals surface area contributed by atoms with Gasteiger partial charge in [0.05, 0.1) is 0 Å². The van der Waals surface area contributed by atoms with Crippen LogP contribution in [0.4, 0.5) is 0 Å². The molecule has 2 heteroatoms. The lowest BCUT2D eigenvalue weighted by Crippen LogP contribution is -1.87. The number of rotatable bonds is 7. The van der Waals surface area contributed by atoms with Gasteiger partial charge in [0.1, 0.15) is 5.15 Å². The highest BCUT2D eigenvalue weighted by atomic mass is 35.5. The van der Waals surface area contributed by atoms with E-state index in [0.717, 1.165) is 5.56 Å². The van der Waals surface area contributed by atoms with Gasteiger partial charge in [0.25, 0.3) is 0 Å². The zero-order valence-corrected chi connectivity index (χ0v) is 12.9. The molecular weight excluding hydrogens is 266 g/mol. The number of hydrogen-bond donors (Lipinski definition) is 0. The molecule has 0 aliphatic rings. The zero-order valence-electron chi connectivity index (χ0n) is 12.1. The van der Waals surface area contributed by atoms with E-state index in [4.69, 9.17) is 11.6 Å². The number of unbranched alkanes of at least 4 members (excludes halogenated alkanes) is 4. The molecule has 1 heterocycles. The molecule has 0 fully saturated rings. The Balaban J connectivity index is 1.88. The largest absolute Gasteiger partial charge is 0.244 e. The van der Waals surface area contributed by atoms with Crippen molar-refractivity contribution in [3.05, 3.63) is 53.3 Å². The maximum Gasteiger partial charge on any atom is 0.129 e. The Morgan fingerprint density at radius 3 is 2.20 bits per heavy atom. The summed E-state index contributed by atoms with van der Waals surface area (Å²) in [4.78, 5) is 4.12. The molecule has 0 unspecified atom stereocenters. The summed E-state index contributed by atoms with van der Waals surface area (Å²) in [7, 11) is 0. The van der Waals surface area contributed by atoms with Crippen molar-refractivity contribution in [1.29, 1.82) is 0 Å². The summed E-state index contributed by atoms with van der Waals surface area (Å²) in [5.41, 5.74) is 3.74. The van der Waals surface area contributed by atoms with Crippen molar-refractivity contribution in [3.63, 3.8) is 0 Å². The van der Waals surface area contributed by atoms with Crippen LogP contribution in [0.1, 0.15) is 44.6 Å². The number of aromatic nitrogens is 1. The molecule has 20 heavy (non-hydrogen) atoms. The molecule has 0 spiro atoms. The van der Waals surface area contributed by atoms with Crippen LogP contribution in [0.15, 0.2) is 42.6 Å². The summed E-state index contributed by atoms with van der Waals surface area (Å²) in [5.74, 6) is 0. The van der Waals surface area contributed by atoms with Gasteiger partial charge in [-0.25, -0.2) is 4.98 Å². The Morgan fingerprint density at radius 2 is 1.55 bits per heavy atom. The molecule has 1 nitrogen and oxygen atoms in total. The minimum absolute atomic E-state index is 0.539. The lowest BCUT2D eigenvalue weighted by molar-refractivity contribution is 0.632. The van der Waals surface area contributed by atoms with E-state index >= 15 is 0 Å². The first-order valence-electron chi connectivity index (χ1n) is 7.50. The van der Waals surface area contributed by atoms with E-state index in [1.54, 1.807) is 0 Å². The number of halogens is 1. The molecule has 0 saturated heterocycles. The van der Waals surface area contributed by atoms with E-state index in [-0.39, 0.29) is 0 Å². The molecule has 2 aromatic rings. The van der Waals surface area contributed by atoms with Crippen molar-refractivity contribution in [3.8, 4) is 11.1 Å². The predicted molar refractivity (Wildman–Crippen MR) is 87.1 cm³/mol. The van der Waals surface area contributed by atoms with Crippen molar-refractivity contribution in [1.82, 2.24) is 4.98 Å². The molecule has 106 valence electrons. The minimum atomic E-state index is 0.539. The summed E-state index contributed by atoms with van der Waals surface area (Å²) >= 11 is 5.81. The molecule has 0 saturated carbocycles. The average molecular weight is 288 g/mol. The number of aryl methyl sites for hydroxylation is 1. The van der Waals surface area contributed by atoms with Crippen LogP contribution in [0.25, 0.3) is 11.1 Å². The van der Waals surface area contributed by atoms with Crippen molar-refractivity contribution >= 4 is 11.6 Å². The molecular formula is C18H22ClN. The first kappa shape index (κ1) is 15.1. The second-order valence-corrected chi connectivity index (χ2v) is 5.62. The van der Waals surface area contributed by atoms with Gasteiger partial charge in [-0.3, -0.25) is 0 Å². The predicted octanol–water partition coefficient (Wildman–Crippen LogP) is 5.91. The van der Waals surface area contributed by atoms with Gasteiger partial charge in [-0.05, 0) is 36.1 Å². The quantitative estimate of drug-likeness (QED) is 0.455. The third-order valence-electron chi connectivity index (χ3n) is 3.58. The first-order valence-corrected chi connectivity index (χ1v) is 7.88. The summed E-state index contributed by atoms with van der Waals surface area (Å²) < 4.78 is 0. The Morgan fingerprint density at radius 1 is 0.850 bits per heavy atom. The zero-order chi connectivity index (χ0) is 14.2. The highest BCUT2D eigenvalue weighted by molar-refractivity contribution is 6.29. The molecule has 1 aromatic heterocycles. The highest BCUT2D eigenvalue weighted by Gasteiger charge is 1.99. The third-order valence-corrected chi connectivity index (χ3v) is 3.81. The molecule has 1 aromatic carbocycles. The van der Waals surface area contributed by atoms with Crippen molar-refractivity contribution < 1.29 is 0 Å². The number of pyridine rings is 1. The van der Waals surface area contributed by atoms with Crippen molar-refractivity contribution in [2.75, 3.05) is 0 Å². The summed E-state index contributed by atoms with van der Waals surface area (Å²) in [6, 6.07) is 12.6. The molecule has 2 rings (SSSR count). The monoisotopic (exact) mass is 287 g/mol. The van der Waals surface area contributed by atoms with Gasteiger partial charge in [0, 0.05) is 11.8 Å². The van der Waals surface area contributed by atoms with Crippen LogP contribution in [0.3, 0.4) is 0 Å². The minimum Gasteiger partial charge on any atom is -0.244 e. The van der Waals surface area contributed by atoms with E-state index < -0.39 is 0 Å². The van der Waals surface area contributed by atoms with E-state index in [1.807, 2.05) is 18.3 Å². The summed E-state index contributed by atoms with van der Waals surface area (Å²) in [5, 5.41) is 0.539. The van der Waals surface area contributed by atoms with Crippen LogP contribution in [0.2, 0.25) is 5.15 Å². The average Bonchev–Trinajstić information content (AvgIpc) is 2.49. The molecule has 0 aliphatic heterocycles. The normalized spacial score (nSPS) is 10.7. The van der Waals surface area contributed by atoms with Crippen LogP contribution in [-0.4, -0.2) is 4.98 Å². The number of nitrogens with zero attached hydrogens (tertiary/aromatic N) is 1. The Kier molecular flexibility index (Phi) is 6.07. The number of hydrogen-bond acceptors (Lipinski definition) is 1. The van der Waals surface area contributed by atoms with Gasteiger partial charge in [-0.2, -0.15) is 0 Å². The van der Waals surface area contributed by atoms with Crippen LogP contribution in [0, 0.1) is 0 Å². The maximum absolute atomic E-state index is 5.81. The lowest BCUT2D eigenvalue weighted by atomic mass is 10.0. The Bertz CT molecular complexity index is 502.